The lowest BCUT2D eigenvalue weighted by Crippen LogP contribution is -2.29. The van der Waals surface area contributed by atoms with Gasteiger partial charge >= 0.3 is 11.9 Å². The molecule has 0 amide bonds. The highest BCUT2D eigenvalue weighted by Crippen LogP contribution is 2.14. The van der Waals surface area contributed by atoms with Gasteiger partial charge in [0.2, 0.25) is 0 Å². The number of allylic oxidation sites excluding steroid dienone is 16. The Morgan fingerprint density at radius 1 is 0.318 bits per heavy atom. The first-order valence-electron chi connectivity index (χ1n) is 27.8. The zero-order valence-electron chi connectivity index (χ0n) is 43.4. The van der Waals surface area contributed by atoms with Crippen LogP contribution in [0.25, 0.3) is 0 Å². The molecule has 0 rings (SSSR count). The Kier molecular flexibility index (Phi) is 53.4. The summed E-state index contributed by atoms with van der Waals surface area (Å²) in [5.41, 5.74) is 0. The highest BCUT2D eigenvalue weighted by Gasteiger charge is 2.16. The second-order valence-corrected chi connectivity index (χ2v) is 18.1. The highest BCUT2D eigenvalue weighted by molar-refractivity contribution is 5.69. The van der Waals surface area contributed by atoms with Gasteiger partial charge in [-0.2, -0.15) is 0 Å². The van der Waals surface area contributed by atoms with Crippen molar-refractivity contribution >= 4 is 11.9 Å². The molecule has 0 aromatic rings. The predicted molar refractivity (Wildman–Crippen MR) is 288 cm³/mol. The fraction of sp³-hybridized carbons (Fsp3) is 0.705. The zero-order chi connectivity index (χ0) is 47.7. The first-order valence-corrected chi connectivity index (χ1v) is 27.8. The van der Waals surface area contributed by atoms with E-state index in [9.17, 15) is 9.59 Å². The quantitative estimate of drug-likeness (QED) is 0.0346. The maximum Gasteiger partial charge on any atom is 0.305 e. The lowest BCUT2D eigenvalue weighted by atomic mass is 10.0. The Hall–Kier alpha value is -3.18. The van der Waals surface area contributed by atoms with Crippen molar-refractivity contribution in [3.05, 3.63) is 97.2 Å². The van der Waals surface area contributed by atoms with E-state index in [-0.39, 0.29) is 25.2 Å². The lowest BCUT2D eigenvalue weighted by molar-refractivity contribution is -0.155. The van der Waals surface area contributed by atoms with Gasteiger partial charge in [0.05, 0.1) is 0 Å². The number of carbonyl (C=O) groups is 2. The van der Waals surface area contributed by atoms with Crippen LogP contribution < -0.4 is 0 Å². The summed E-state index contributed by atoms with van der Waals surface area (Å²) in [6.07, 6.45) is 75.9. The van der Waals surface area contributed by atoms with Crippen molar-refractivity contribution in [2.24, 2.45) is 0 Å². The first kappa shape index (κ1) is 62.8. The summed E-state index contributed by atoms with van der Waals surface area (Å²) >= 11 is 0. The van der Waals surface area contributed by atoms with Crippen LogP contribution in [0.3, 0.4) is 0 Å². The van der Waals surface area contributed by atoms with Crippen molar-refractivity contribution in [2.45, 2.75) is 258 Å². The number of hydrogen-bond donors (Lipinski definition) is 0. The lowest BCUT2D eigenvalue weighted by Gasteiger charge is -2.18. The monoisotopic (exact) mass is 917 g/mol. The molecule has 5 heteroatoms. The van der Waals surface area contributed by atoms with E-state index in [2.05, 4.69) is 118 Å². The number of hydrogen-bond acceptors (Lipinski definition) is 5. The van der Waals surface area contributed by atoms with Gasteiger partial charge in [0.25, 0.3) is 0 Å². The number of unbranched alkanes of at least 4 members (excludes halogenated alkanes) is 23. The van der Waals surface area contributed by atoms with Gasteiger partial charge in [-0.1, -0.05) is 240 Å². The molecule has 66 heavy (non-hydrogen) atoms. The SMILES string of the molecule is CCCCC/C=C\C/C=C\C/C=C\C/C=C\CCCC(=O)OCC(COC(=O)CCC/C=C\C/C=C\C/C=C\C/C=C\CCCCC)OCCCCCCCCCCCCCCCCCC. The fourth-order valence-corrected chi connectivity index (χ4v) is 7.41. The molecule has 0 aromatic carbocycles. The van der Waals surface area contributed by atoms with Crippen LogP contribution in [-0.2, 0) is 23.8 Å². The second kappa shape index (κ2) is 56.1. The van der Waals surface area contributed by atoms with Gasteiger partial charge in [0, 0.05) is 19.4 Å². The average Bonchev–Trinajstić information content (AvgIpc) is 3.32. The number of carbonyl (C=O) groups excluding carboxylic acids is 2. The Balaban J connectivity index is 4.44. The fourth-order valence-electron chi connectivity index (χ4n) is 7.41. The van der Waals surface area contributed by atoms with Crippen LogP contribution >= 0.6 is 0 Å². The molecule has 0 N–H and O–H groups in total. The van der Waals surface area contributed by atoms with Gasteiger partial charge in [-0.15, -0.1) is 0 Å². The van der Waals surface area contributed by atoms with E-state index in [1.807, 2.05) is 0 Å². The first-order chi connectivity index (χ1) is 32.6. The summed E-state index contributed by atoms with van der Waals surface area (Å²) < 4.78 is 17.4. The minimum atomic E-state index is -0.448. The highest BCUT2D eigenvalue weighted by atomic mass is 16.6. The Morgan fingerprint density at radius 3 is 0.894 bits per heavy atom. The number of rotatable bonds is 50. The summed E-state index contributed by atoms with van der Waals surface area (Å²) in [6, 6.07) is 0. The zero-order valence-corrected chi connectivity index (χ0v) is 43.4. The summed E-state index contributed by atoms with van der Waals surface area (Å²) in [7, 11) is 0. The van der Waals surface area contributed by atoms with Gasteiger partial charge in [0.1, 0.15) is 19.3 Å². The Labute approximate surface area is 409 Å². The topological polar surface area (TPSA) is 61.8 Å². The second-order valence-electron chi connectivity index (χ2n) is 18.1. The van der Waals surface area contributed by atoms with Crippen LogP contribution in [0.15, 0.2) is 97.2 Å². The maximum atomic E-state index is 12.6. The van der Waals surface area contributed by atoms with E-state index in [1.165, 1.54) is 141 Å². The predicted octanol–water partition coefficient (Wildman–Crippen LogP) is 19.0. The van der Waals surface area contributed by atoms with Crippen molar-refractivity contribution < 1.29 is 23.8 Å². The molecule has 0 aliphatic rings. The smallest absolute Gasteiger partial charge is 0.305 e. The number of ether oxygens (including phenoxy) is 3. The maximum absolute atomic E-state index is 12.6. The molecule has 0 saturated carbocycles. The molecule has 0 fully saturated rings. The summed E-state index contributed by atoms with van der Waals surface area (Å²) in [5, 5.41) is 0. The van der Waals surface area contributed by atoms with Crippen LogP contribution in [-0.4, -0.2) is 37.9 Å². The van der Waals surface area contributed by atoms with Crippen LogP contribution in [0.5, 0.6) is 0 Å². The molecule has 0 aliphatic carbocycles. The third-order valence-electron chi connectivity index (χ3n) is 11.6. The molecule has 0 bridgehead atoms. The van der Waals surface area contributed by atoms with Crippen molar-refractivity contribution in [1.29, 1.82) is 0 Å². The van der Waals surface area contributed by atoms with E-state index in [0.29, 0.717) is 19.4 Å². The molecular weight excluding hydrogens is 813 g/mol. The van der Waals surface area contributed by atoms with Gasteiger partial charge in [-0.05, 0) is 96.3 Å². The largest absolute Gasteiger partial charge is 0.463 e. The molecule has 0 atom stereocenters. The van der Waals surface area contributed by atoms with E-state index < -0.39 is 6.10 Å². The number of esters is 2. The van der Waals surface area contributed by atoms with Gasteiger partial charge in [-0.3, -0.25) is 9.59 Å². The average molecular weight is 917 g/mol. The standard InChI is InChI=1S/C61H104O5/c1-4-7-10-13-16-19-22-25-28-31-33-36-39-42-45-48-51-54-60(62)65-57-59(64-56-53-50-47-44-41-38-35-30-27-24-21-18-15-12-9-6-3)58-66-61(63)55-52-49-46-43-40-37-34-32-29-26-23-20-17-14-11-8-5-2/h16-17,19-20,25-26,28-29,33-34,36-37,42-43,45-46,59H,4-15,18,21-24,27,30-32,35,38-41,44,47-58H2,1-3H3/b19-16-,20-17-,28-25-,29-26-,36-33-,37-34-,45-42-,46-43-. The molecule has 0 saturated heterocycles. The molecule has 0 aromatic heterocycles. The summed E-state index contributed by atoms with van der Waals surface area (Å²) in [4.78, 5) is 25.2. The van der Waals surface area contributed by atoms with Gasteiger partial charge in [-0.25, -0.2) is 0 Å². The van der Waals surface area contributed by atoms with Crippen molar-refractivity contribution in [3.63, 3.8) is 0 Å². The van der Waals surface area contributed by atoms with Crippen LogP contribution in [0.2, 0.25) is 0 Å². The minimum absolute atomic E-state index is 0.109. The molecule has 0 spiro atoms. The molecule has 378 valence electrons. The molecular formula is C61H104O5. The third kappa shape index (κ3) is 53.4. The molecule has 0 unspecified atom stereocenters. The van der Waals surface area contributed by atoms with E-state index in [1.54, 1.807) is 0 Å². The van der Waals surface area contributed by atoms with E-state index >= 15 is 0 Å². The third-order valence-corrected chi connectivity index (χ3v) is 11.6. The van der Waals surface area contributed by atoms with Crippen LogP contribution in [0.4, 0.5) is 0 Å². The van der Waals surface area contributed by atoms with E-state index in [4.69, 9.17) is 14.2 Å². The molecule has 5 nitrogen and oxygen atoms in total. The van der Waals surface area contributed by atoms with Gasteiger partial charge < -0.3 is 14.2 Å². The Bertz CT molecular complexity index is 1190. The summed E-state index contributed by atoms with van der Waals surface area (Å²) in [6.45, 7) is 7.56. The normalized spacial score (nSPS) is 12.5. The van der Waals surface area contributed by atoms with Crippen LogP contribution in [0.1, 0.15) is 252 Å². The molecule has 0 radical (unpaired) electrons. The molecule has 0 heterocycles. The Morgan fingerprint density at radius 2 is 0.576 bits per heavy atom. The van der Waals surface area contributed by atoms with Gasteiger partial charge in [0.15, 0.2) is 0 Å². The molecule has 0 aliphatic heterocycles. The van der Waals surface area contributed by atoms with Crippen molar-refractivity contribution in [3.8, 4) is 0 Å². The van der Waals surface area contributed by atoms with Crippen LogP contribution in [0, 0.1) is 0 Å². The minimum Gasteiger partial charge on any atom is -0.463 e. The van der Waals surface area contributed by atoms with Crippen molar-refractivity contribution in [1.82, 2.24) is 0 Å². The summed E-state index contributed by atoms with van der Waals surface area (Å²) in [5.74, 6) is -0.459. The van der Waals surface area contributed by atoms with E-state index in [0.717, 1.165) is 77.0 Å². The van der Waals surface area contributed by atoms with Crippen molar-refractivity contribution in [2.75, 3.05) is 19.8 Å².